The highest BCUT2D eigenvalue weighted by Crippen LogP contribution is 2.37. The Morgan fingerprint density at radius 3 is 2.72 bits per heavy atom. The van der Waals surface area contributed by atoms with Crippen molar-refractivity contribution in [2.75, 3.05) is 59.1 Å². The van der Waals surface area contributed by atoms with Crippen molar-refractivity contribution in [3.05, 3.63) is 35.9 Å². The van der Waals surface area contributed by atoms with Gasteiger partial charge in [-0.3, -0.25) is 4.90 Å². The minimum atomic E-state index is 0.131. The molecule has 2 unspecified atom stereocenters. The molecular weight excluding hydrogens is 312 g/mol. The van der Waals surface area contributed by atoms with Gasteiger partial charge in [-0.1, -0.05) is 30.3 Å². The van der Waals surface area contributed by atoms with Crippen LogP contribution in [-0.4, -0.2) is 74.5 Å². The molecule has 0 amide bonds. The predicted molar refractivity (Wildman–Crippen MR) is 99.9 cm³/mol. The Morgan fingerprint density at radius 1 is 1.04 bits per heavy atom. The van der Waals surface area contributed by atoms with Crippen LogP contribution in [0.4, 0.5) is 0 Å². The van der Waals surface area contributed by atoms with E-state index in [1.807, 2.05) is 0 Å². The maximum Gasteiger partial charge on any atom is 0.0813 e. The summed E-state index contributed by atoms with van der Waals surface area (Å²) < 4.78 is 11.9. The van der Waals surface area contributed by atoms with Crippen LogP contribution >= 0.6 is 0 Å². The number of hydrogen-bond acceptors (Lipinski definition) is 4. The van der Waals surface area contributed by atoms with Crippen molar-refractivity contribution in [1.29, 1.82) is 0 Å². The van der Waals surface area contributed by atoms with Crippen molar-refractivity contribution in [2.24, 2.45) is 5.92 Å². The minimum Gasteiger partial charge on any atom is -0.379 e. The van der Waals surface area contributed by atoms with E-state index >= 15 is 0 Å². The topological polar surface area (TPSA) is 24.9 Å². The van der Waals surface area contributed by atoms with Crippen LogP contribution in [0.2, 0.25) is 0 Å². The van der Waals surface area contributed by atoms with Crippen molar-refractivity contribution < 1.29 is 9.47 Å². The third-order valence-corrected chi connectivity index (χ3v) is 6.08. The molecule has 0 radical (unpaired) electrons. The SMILES string of the molecule is c1ccc(CCN2CCCC3(CC(CN4CCOCC4)CO3)C2)cc1. The van der Waals surface area contributed by atoms with Crippen molar-refractivity contribution in [1.82, 2.24) is 9.80 Å². The summed E-state index contributed by atoms with van der Waals surface area (Å²) >= 11 is 0. The molecule has 0 saturated carbocycles. The second kappa shape index (κ2) is 8.17. The van der Waals surface area contributed by atoms with Gasteiger partial charge in [0.05, 0.1) is 25.4 Å². The predicted octanol–water partition coefficient (Wildman–Crippen LogP) is 2.43. The standard InChI is InChI=1S/C21H32N2O2/c1-2-5-19(6-3-1)7-10-23-9-4-8-21(18-23)15-20(17-25-21)16-22-11-13-24-14-12-22/h1-3,5-6,20H,4,7-18H2. The zero-order valence-corrected chi connectivity index (χ0v) is 15.4. The second-order valence-electron chi connectivity index (χ2n) is 8.09. The molecule has 0 aromatic heterocycles. The molecule has 1 aromatic rings. The van der Waals surface area contributed by atoms with E-state index in [2.05, 4.69) is 40.1 Å². The number of morpholine rings is 1. The van der Waals surface area contributed by atoms with E-state index in [0.717, 1.165) is 52.4 Å². The number of ether oxygens (including phenoxy) is 2. The number of rotatable bonds is 5. The molecular formula is C21H32N2O2. The zero-order valence-electron chi connectivity index (χ0n) is 15.4. The molecule has 3 heterocycles. The van der Waals surface area contributed by atoms with Gasteiger partial charge in [-0.25, -0.2) is 0 Å². The van der Waals surface area contributed by atoms with Gasteiger partial charge in [0.15, 0.2) is 0 Å². The van der Waals surface area contributed by atoms with Crippen LogP contribution in [-0.2, 0) is 15.9 Å². The van der Waals surface area contributed by atoms with Gasteiger partial charge in [-0.15, -0.1) is 0 Å². The molecule has 25 heavy (non-hydrogen) atoms. The van der Waals surface area contributed by atoms with Crippen molar-refractivity contribution in [3.63, 3.8) is 0 Å². The monoisotopic (exact) mass is 344 g/mol. The average Bonchev–Trinajstić information content (AvgIpc) is 3.03. The number of likely N-dealkylation sites (tertiary alicyclic amines) is 1. The third-order valence-electron chi connectivity index (χ3n) is 6.08. The highest BCUT2D eigenvalue weighted by molar-refractivity contribution is 5.15. The maximum atomic E-state index is 6.42. The van der Waals surface area contributed by atoms with E-state index in [1.165, 1.54) is 37.9 Å². The molecule has 3 saturated heterocycles. The first-order valence-electron chi connectivity index (χ1n) is 10.0. The minimum absolute atomic E-state index is 0.131. The quantitative estimate of drug-likeness (QED) is 0.819. The van der Waals surface area contributed by atoms with E-state index in [9.17, 15) is 0 Å². The fourth-order valence-electron chi connectivity index (χ4n) is 4.80. The molecule has 1 aromatic carbocycles. The summed E-state index contributed by atoms with van der Waals surface area (Å²) in [5.74, 6) is 0.701. The van der Waals surface area contributed by atoms with Gasteiger partial charge in [-0.05, 0) is 43.7 Å². The Kier molecular flexibility index (Phi) is 5.71. The number of hydrogen-bond donors (Lipinski definition) is 0. The summed E-state index contributed by atoms with van der Waals surface area (Å²) in [6, 6.07) is 10.9. The van der Waals surface area contributed by atoms with Crippen LogP contribution in [0.3, 0.4) is 0 Å². The fourth-order valence-corrected chi connectivity index (χ4v) is 4.80. The van der Waals surface area contributed by atoms with Crippen LogP contribution in [0.25, 0.3) is 0 Å². The highest BCUT2D eigenvalue weighted by atomic mass is 16.5. The lowest BCUT2D eigenvalue weighted by molar-refractivity contribution is -0.0513. The highest BCUT2D eigenvalue weighted by Gasteiger charge is 2.43. The normalized spacial score (nSPS) is 31.6. The lowest BCUT2D eigenvalue weighted by Gasteiger charge is -2.40. The van der Waals surface area contributed by atoms with Crippen molar-refractivity contribution >= 4 is 0 Å². The summed E-state index contributed by atoms with van der Waals surface area (Å²) in [5, 5.41) is 0. The first-order valence-corrected chi connectivity index (χ1v) is 10.0. The number of nitrogens with zero attached hydrogens (tertiary/aromatic N) is 2. The maximum absolute atomic E-state index is 6.42. The van der Waals surface area contributed by atoms with E-state index in [-0.39, 0.29) is 5.60 Å². The molecule has 1 spiro atoms. The van der Waals surface area contributed by atoms with Crippen LogP contribution in [0, 0.1) is 5.92 Å². The summed E-state index contributed by atoms with van der Waals surface area (Å²) in [7, 11) is 0. The number of piperidine rings is 1. The van der Waals surface area contributed by atoms with E-state index in [1.54, 1.807) is 0 Å². The molecule has 0 bridgehead atoms. The van der Waals surface area contributed by atoms with Gasteiger partial charge in [0.1, 0.15) is 0 Å². The summed E-state index contributed by atoms with van der Waals surface area (Å²) in [6.07, 6.45) is 4.91. The zero-order chi connectivity index (χ0) is 17.0. The molecule has 4 heteroatoms. The fraction of sp³-hybridized carbons (Fsp3) is 0.714. The molecule has 3 aliphatic rings. The van der Waals surface area contributed by atoms with Gasteiger partial charge in [-0.2, -0.15) is 0 Å². The average molecular weight is 344 g/mol. The molecule has 2 atom stereocenters. The van der Waals surface area contributed by atoms with Gasteiger partial charge >= 0.3 is 0 Å². The lowest BCUT2D eigenvalue weighted by atomic mass is 9.86. The largest absolute Gasteiger partial charge is 0.379 e. The van der Waals surface area contributed by atoms with E-state index < -0.39 is 0 Å². The Morgan fingerprint density at radius 2 is 1.88 bits per heavy atom. The van der Waals surface area contributed by atoms with E-state index in [0.29, 0.717) is 5.92 Å². The Balaban J connectivity index is 1.27. The molecule has 0 aliphatic carbocycles. The molecule has 138 valence electrons. The molecule has 3 fully saturated rings. The molecule has 4 nitrogen and oxygen atoms in total. The van der Waals surface area contributed by atoms with Gasteiger partial charge in [0.2, 0.25) is 0 Å². The summed E-state index contributed by atoms with van der Waals surface area (Å²) in [6.45, 7) is 9.62. The molecule has 4 rings (SSSR count). The Labute approximate surface area is 152 Å². The first kappa shape index (κ1) is 17.5. The van der Waals surface area contributed by atoms with Gasteiger partial charge in [0, 0.05) is 32.7 Å². The van der Waals surface area contributed by atoms with Crippen LogP contribution < -0.4 is 0 Å². The smallest absolute Gasteiger partial charge is 0.0813 e. The first-order chi connectivity index (χ1) is 12.3. The molecule has 3 aliphatic heterocycles. The van der Waals surface area contributed by atoms with Gasteiger partial charge < -0.3 is 14.4 Å². The van der Waals surface area contributed by atoms with E-state index in [4.69, 9.17) is 9.47 Å². The second-order valence-corrected chi connectivity index (χ2v) is 8.09. The summed E-state index contributed by atoms with van der Waals surface area (Å²) in [5.41, 5.74) is 1.57. The van der Waals surface area contributed by atoms with Crippen LogP contribution in [0.1, 0.15) is 24.8 Å². The summed E-state index contributed by atoms with van der Waals surface area (Å²) in [4.78, 5) is 5.19. The van der Waals surface area contributed by atoms with Crippen LogP contribution in [0.15, 0.2) is 30.3 Å². The van der Waals surface area contributed by atoms with Crippen LogP contribution in [0.5, 0.6) is 0 Å². The lowest BCUT2D eigenvalue weighted by Crippen LogP contribution is -2.48. The molecule has 0 N–H and O–H groups in total. The third kappa shape index (κ3) is 4.62. The van der Waals surface area contributed by atoms with Crippen molar-refractivity contribution in [3.8, 4) is 0 Å². The number of benzene rings is 1. The Hall–Kier alpha value is -0.940. The van der Waals surface area contributed by atoms with Crippen molar-refractivity contribution in [2.45, 2.75) is 31.3 Å². The Bertz CT molecular complexity index is 532. The van der Waals surface area contributed by atoms with Gasteiger partial charge in [0.25, 0.3) is 0 Å².